The quantitative estimate of drug-likeness (QED) is 0.838. The van der Waals surface area contributed by atoms with Crippen LogP contribution in [0, 0.1) is 5.92 Å². The Morgan fingerprint density at radius 3 is 3.00 bits per heavy atom. The summed E-state index contributed by atoms with van der Waals surface area (Å²) in [5.41, 5.74) is 1.42. The molecule has 19 heavy (non-hydrogen) atoms. The summed E-state index contributed by atoms with van der Waals surface area (Å²) >= 11 is 8.13. The second-order valence-corrected chi connectivity index (χ2v) is 7.40. The SMILES string of the molecule is CCC1CCC(NC2CCSc3ccc(Cl)cc32)C1. The minimum Gasteiger partial charge on any atom is -0.307 e. The van der Waals surface area contributed by atoms with Crippen molar-refractivity contribution in [3.8, 4) is 0 Å². The fourth-order valence-electron chi connectivity index (χ4n) is 3.42. The van der Waals surface area contributed by atoms with Crippen LogP contribution in [0.5, 0.6) is 0 Å². The maximum Gasteiger partial charge on any atom is 0.0410 e. The average molecular weight is 296 g/mol. The van der Waals surface area contributed by atoms with Gasteiger partial charge in [0.2, 0.25) is 0 Å². The zero-order valence-electron chi connectivity index (χ0n) is 11.5. The molecule has 3 unspecified atom stereocenters. The monoisotopic (exact) mass is 295 g/mol. The lowest BCUT2D eigenvalue weighted by molar-refractivity contribution is 0.410. The first kappa shape index (κ1) is 13.8. The minimum absolute atomic E-state index is 0.510. The molecule has 1 heterocycles. The number of hydrogen-bond donors (Lipinski definition) is 1. The predicted molar refractivity (Wildman–Crippen MR) is 84.1 cm³/mol. The van der Waals surface area contributed by atoms with Crippen molar-refractivity contribution in [3.63, 3.8) is 0 Å². The summed E-state index contributed by atoms with van der Waals surface area (Å²) in [6.45, 7) is 2.32. The molecule has 0 aromatic heterocycles. The normalized spacial score (nSPS) is 30.3. The van der Waals surface area contributed by atoms with Crippen molar-refractivity contribution in [1.82, 2.24) is 5.32 Å². The summed E-state index contributed by atoms with van der Waals surface area (Å²) in [6.07, 6.45) is 6.67. The first-order valence-corrected chi connectivity index (χ1v) is 8.81. The lowest BCUT2D eigenvalue weighted by Gasteiger charge is -2.29. The van der Waals surface area contributed by atoms with Gasteiger partial charge in [0.1, 0.15) is 0 Å². The molecule has 1 aromatic rings. The number of hydrogen-bond acceptors (Lipinski definition) is 2. The Hall–Kier alpha value is -0.180. The lowest BCUT2D eigenvalue weighted by atomic mass is 10.0. The molecule has 1 nitrogen and oxygen atoms in total. The van der Waals surface area contributed by atoms with Gasteiger partial charge in [-0.3, -0.25) is 0 Å². The van der Waals surface area contributed by atoms with Crippen LogP contribution in [0.15, 0.2) is 23.1 Å². The van der Waals surface area contributed by atoms with Crippen LogP contribution in [0.2, 0.25) is 5.02 Å². The van der Waals surface area contributed by atoms with Crippen molar-refractivity contribution < 1.29 is 0 Å². The average Bonchev–Trinajstić information content (AvgIpc) is 2.87. The number of fused-ring (bicyclic) bond motifs is 1. The van der Waals surface area contributed by atoms with E-state index in [1.807, 2.05) is 17.8 Å². The summed E-state index contributed by atoms with van der Waals surface area (Å²) in [5, 5.41) is 4.76. The number of thioether (sulfide) groups is 1. The van der Waals surface area contributed by atoms with Crippen LogP contribution in [0.1, 0.15) is 50.6 Å². The van der Waals surface area contributed by atoms with Gasteiger partial charge in [0.05, 0.1) is 0 Å². The van der Waals surface area contributed by atoms with Gasteiger partial charge in [-0.2, -0.15) is 0 Å². The van der Waals surface area contributed by atoms with Crippen LogP contribution < -0.4 is 5.32 Å². The van der Waals surface area contributed by atoms with E-state index >= 15 is 0 Å². The number of halogens is 1. The van der Waals surface area contributed by atoms with Crippen molar-refractivity contribution in [2.45, 2.75) is 56.0 Å². The highest BCUT2D eigenvalue weighted by molar-refractivity contribution is 7.99. The first-order valence-electron chi connectivity index (χ1n) is 7.44. The summed E-state index contributed by atoms with van der Waals surface area (Å²) in [7, 11) is 0. The summed E-state index contributed by atoms with van der Waals surface area (Å²) in [6, 6.07) is 7.57. The Bertz CT molecular complexity index is 448. The molecule has 0 spiro atoms. The van der Waals surface area contributed by atoms with Crippen LogP contribution in [0.3, 0.4) is 0 Å². The highest BCUT2D eigenvalue weighted by Gasteiger charge is 2.28. The van der Waals surface area contributed by atoms with Crippen molar-refractivity contribution in [1.29, 1.82) is 0 Å². The molecule has 1 fully saturated rings. The van der Waals surface area contributed by atoms with Gasteiger partial charge >= 0.3 is 0 Å². The van der Waals surface area contributed by atoms with E-state index in [0.29, 0.717) is 12.1 Å². The third-order valence-corrected chi connectivity index (χ3v) is 5.92. The Kier molecular flexibility index (Phi) is 4.40. The number of benzene rings is 1. The molecule has 0 saturated heterocycles. The molecule has 2 aliphatic rings. The van der Waals surface area contributed by atoms with Gasteiger partial charge in [0.15, 0.2) is 0 Å². The van der Waals surface area contributed by atoms with Gasteiger partial charge in [-0.15, -0.1) is 11.8 Å². The van der Waals surface area contributed by atoms with E-state index in [0.717, 1.165) is 10.9 Å². The lowest BCUT2D eigenvalue weighted by Crippen LogP contribution is -2.32. The molecule has 3 rings (SSSR count). The third kappa shape index (κ3) is 3.12. The third-order valence-electron chi connectivity index (χ3n) is 4.57. The van der Waals surface area contributed by atoms with E-state index < -0.39 is 0 Å². The van der Waals surface area contributed by atoms with Gasteiger partial charge in [-0.05, 0) is 61.1 Å². The molecule has 1 N–H and O–H groups in total. The van der Waals surface area contributed by atoms with E-state index in [9.17, 15) is 0 Å². The molecule has 1 aromatic carbocycles. The molecule has 104 valence electrons. The van der Waals surface area contributed by atoms with Crippen LogP contribution >= 0.6 is 23.4 Å². The second-order valence-electron chi connectivity index (χ2n) is 5.82. The van der Waals surface area contributed by atoms with Crippen LogP contribution in [-0.4, -0.2) is 11.8 Å². The molecule has 1 saturated carbocycles. The molecule has 3 heteroatoms. The molecule has 3 atom stereocenters. The molecular formula is C16H22ClNS. The molecule has 0 bridgehead atoms. The highest BCUT2D eigenvalue weighted by Crippen LogP contribution is 2.39. The Labute approximate surface area is 125 Å². The van der Waals surface area contributed by atoms with E-state index in [-0.39, 0.29) is 0 Å². The summed E-state index contributed by atoms with van der Waals surface area (Å²) in [5.74, 6) is 2.16. The van der Waals surface area contributed by atoms with Crippen molar-refractivity contribution >= 4 is 23.4 Å². The maximum absolute atomic E-state index is 6.17. The van der Waals surface area contributed by atoms with Gasteiger partial charge in [-0.25, -0.2) is 0 Å². The van der Waals surface area contributed by atoms with E-state index in [1.54, 1.807) is 0 Å². The Balaban J connectivity index is 1.71. The van der Waals surface area contributed by atoms with Crippen LogP contribution in [-0.2, 0) is 0 Å². The minimum atomic E-state index is 0.510. The van der Waals surface area contributed by atoms with Gasteiger partial charge < -0.3 is 5.32 Å². The molecule has 0 radical (unpaired) electrons. The van der Waals surface area contributed by atoms with Crippen molar-refractivity contribution in [2.75, 3.05) is 5.75 Å². The molecule has 1 aliphatic heterocycles. The smallest absolute Gasteiger partial charge is 0.0410 e. The largest absolute Gasteiger partial charge is 0.307 e. The highest BCUT2D eigenvalue weighted by atomic mass is 35.5. The fourth-order valence-corrected chi connectivity index (χ4v) is 4.71. The van der Waals surface area contributed by atoms with Gasteiger partial charge in [-0.1, -0.05) is 24.9 Å². The zero-order chi connectivity index (χ0) is 13.2. The van der Waals surface area contributed by atoms with Crippen molar-refractivity contribution in [3.05, 3.63) is 28.8 Å². The van der Waals surface area contributed by atoms with Crippen LogP contribution in [0.25, 0.3) is 0 Å². The summed E-state index contributed by atoms with van der Waals surface area (Å²) in [4.78, 5) is 1.41. The molecule has 0 amide bonds. The van der Waals surface area contributed by atoms with E-state index in [2.05, 4.69) is 24.4 Å². The number of rotatable bonds is 3. The first-order chi connectivity index (χ1) is 9.26. The van der Waals surface area contributed by atoms with Crippen LogP contribution in [0.4, 0.5) is 0 Å². The summed E-state index contributed by atoms with van der Waals surface area (Å²) < 4.78 is 0. The van der Waals surface area contributed by atoms with E-state index in [1.165, 1.54) is 48.3 Å². The predicted octanol–water partition coefficient (Wildman–Crippen LogP) is 5.05. The molecular weight excluding hydrogens is 274 g/mol. The van der Waals surface area contributed by atoms with Crippen molar-refractivity contribution in [2.24, 2.45) is 5.92 Å². The standard InChI is InChI=1S/C16H22ClNS/c1-2-11-3-5-13(9-11)18-15-7-8-19-16-6-4-12(17)10-14(15)16/h4,6,10-11,13,15,18H,2-3,5,7-9H2,1H3. The second kappa shape index (κ2) is 6.07. The Morgan fingerprint density at radius 2 is 2.21 bits per heavy atom. The topological polar surface area (TPSA) is 12.0 Å². The molecule has 1 aliphatic carbocycles. The Morgan fingerprint density at radius 1 is 1.32 bits per heavy atom. The van der Waals surface area contributed by atoms with E-state index in [4.69, 9.17) is 11.6 Å². The maximum atomic E-state index is 6.17. The number of nitrogens with one attached hydrogen (secondary N) is 1. The van der Waals surface area contributed by atoms with Gasteiger partial charge in [0, 0.05) is 22.0 Å². The zero-order valence-corrected chi connectivity index (χ0v) is 13.1. The van der Waals surface area contributed by atoms with Gasteiger partial charge in [0.25, 0.3) is 0 Å². The fraction of sp³-hybridized carbons (Fsp3) is 0.625.